The Morgan fingerprint density at radius 1 is 1.25 bits per heavy atom. The SMILES string of the molecule is Cc1cc(-c2cncnc2)n[nH]1. The van der Waals surface area contributed by atoms with Crippen molar-refractivity contribution in [1.82, 2.24) is 20.2 Å². The highest BCUT2D eigenvalue weighted by atomic mass is 15.1. The van der Waals surface area contributed by atoms with Gasteiger partial charge >= 0.3 is 0 Å². The molecule has 2 aromatic heterocycles. The summed E-state index contributed by atoms with van der Waals surface area (Å²) >= 11 is 0. The summed E-state index contributed by atoms with van der Waals surface area (Å²) in [6.45, 7) is 1.96. The zero-order valence-corrected chi connectivity index (χ0v) is 6.65. The molecule has 12 heavy (non-hydrogen) atoms. The predicted molar refractivity (Wildman–Crippen MR) is 44.4 cm³/mol. The van der Waals surface area contributed by atoms with Crippen molar-refractivity contribution in [1.29, 1.82) is 0 Å². The van der Waals surface area contributed by atoms with E-state index in [0.29, 0.717) is 0 Å². The number of aromatic amines is 1. The Labute approximate surface area is 69.7 Å². The lowest BCUT2D eigenvalue weighted by molar-refractivity contribution is 1.05. The minimum atomic E-state index is 0.883. The summed E-state index contributed by atoms with van der Waals surface area (Å²) in [5, 5.41) is 6.94. The normalized spacial score (nSPS) is 10.1. The lowest BCUT2D eigenvalue weighted by atomic mass is 10.2. The summed E-state index contributed by atoms with van der Waals surface area (Å²) in [4.78, 5) is 7.81. The summed E-state index contributed by atoms with van der Waals surface area (Å²) in [7, 11) is 0. The van der Waals surface area contributed by atoms with Crippen LogP contribution < -0.4 is 0 Å². The zero-order chi connectivity index (χ0) is 8.39. The van der Waals surface area contributed by atoms with Crippen molar-refractivity contribution in [3.8, 4) is 11.3 Å². The van der Waals surface area contributed by atoms with E-state index in [2.05, 4.69) is 20.2 Å². The molecular weight excluding hydrogens is 152 g/mol. The van der Waals surface area contributed by atoms with Gasteiger partial charge in [0.15, 0.2) is 0 Å². The second kappa shape index (κ2) is 2.73. The number of hydrogen-bond acceptors (Lipinski definition) is 3. The molecule has 2 heterocycles. The van der Waals surface area contributed by atoms with E-state index in [1.807, 2.05) is 13.0 Å². The highest BCUT2D eigenvalue weighted by Crippen LogP contribution is 2.13. The van der Waals surface area contributed by atoms with Gasteiger partial charge in [0.2, 0.25) is 0 Å². The van der Waals surface area contributed by atoms with E-state index < -0.39 is 0 Å². The predicted octanol–water partition coefficient (Wildman–Crippen LogP) is 1.18. The van der Waals surface area contributed by atoms with Crippen LogP contribution in [0.4, 0.5) is 0 Å². The Kier molecular flexibility index (Phi) is 1.59. The second-order valence-corrected chi connectivity index (χ2v) is 2.56. The maximum atomic E-state index is 4.08. The third-order valence-corrected chi connectivity index (χ3v) is 1.56. The van der Waals surface area contributed by atoms with Gasteiger partial charge in [-0.25, -0.2) is 9.97 Å². The number of aryl methyl sites for hydroxylation is 1. The first-order chi connectivity index (χ1) is 5.86. The first-order valence-corrected chi connectivity index (χ1v) is 3.63. The molecule has 0 unspecified atom stereocenters. The van der Waals surface area contributed by atoms with Crippen LogP contribution in [0.15, 0.2) is 24.8 Å². The average molecular weight is 160 g/mol. The van der Waals surface area contributed by atoms with Crippen LogP contribution in [0.1, 0.15) is 5.69 Å². The first kappa shape index (κ1) is 6.97. The van der Waals surface area contributed by atoms with E-state index in [0.717, 1.165) is 17.0 Å². The summed E-state index contributed by atoms with van der Waals surface area (Å²) in [6.07, 6.45) is 4.98. The van der Waals surface area contributed by atoms with Crippen molar-refractivity contribution >= 4 is 0 Å². The van der Waals surface area contributed by atoms with Crippen LogP contribution in [0.3, 0.4) is 0 Å². The Bertz CT molecular complexity index is 366. The zero-order valence-electron chi connectivity index (χ0n) is 6.65. The molecule has 0 amide bonds. The fourth-order valence-corrected chi connectivity index (χ4v) is 0.997. The number of rotatable bonds is 1. The second-order valence-electron chi connectivity index (χ2n) is 2.56. The topological polar surface area (TPSA) is 54.5 Å². The molecule has 1 N–H and O–H groups in total. The third-order valence-electron chi connectivity index (χ3n) is 1.56. The molecule has 2 aromatic rings. The van der Waals surface area contributed by atoms with Gasteiger partial charge in [0.25, 0.3) is 0 Å². The van der Waals surface area contributed by atoms with E-state index in [1.54, 1.807) is 12.4 Å². The van der Waals surface area contributed by atoms with E-state index in [4.69, 9.17) is 0 Å². The Balaban J connectivity index is 2.45. The van der Waals surface area contributed by atoms with Gasteiger partial charge in [0.1, 0.15) is 6.33 Å². The van der Waals surface area contributed by atoms with Crippen LogP contribution in [-0.2, 0) is 0 Å². The molecule has 0 radical (unpaired) electrons. The molecule has 0 spiro atoms. The summed E-state index contributed by atoms with van der Waals surface area (Å²) in [6, 6.07) is 1.96. The maximum Gasteiger partial charge on any atom is 0.115 e. The molecule has 0 aromatic carbocycles. The molecule has 60 valence electrons. The van der Waals surface area contributed by atoms with E-state index in [9.17, 15) is 0 Å². The van der Waals surface area contributed by atoms with Gasteiger partial charge in [-0.1, -0.05) is 0 Å². The number of nitrogens with zero attached hydrogens (tertiary/aromatic N) is 3. The van der Waals surface area contributed by atoms with Crippen LogP contribution in [0.2, 0.25) is 0 Å². The van der Waals surface area contributed by atoms with Crippen LogP contribution in [-0.4, -0.2) is 20.2 Å². The lowest BCUT2D eigenvalue weighted by Crippen LogP contribution is -1.81. The van der Waals surface area contributed by atoms with Crippen molar-refractivity contribution in [2.45, 2.75) is 6.92 Å². The van der Waals surface area contributed by atoms with Crippen LogP contribution in [0.25, 0.3) is 11.3 Å². The Morgan fingerprint density at radius 3 is 2.58 bits per heavy atom. The van der Waals surface area contributed by atoms with Crippen molar-refractivity contribution < 1.29 is 0 Å². The van der Waals surface area contributed by atoms with Crippen molar-refractivity contribution in [3.63, 3.8) is 0 Å². The monoisotopic (exact) mass is 160 g/mol. The fraction of sp³-hybridized carbons (Fsp3) is 0.125. The van der Waals surface area contributed by atoms with Gasteiger partial charge in [-0.15, -0.1) is 0 Å². The molecule has 0 saturated carbocycles. The molecule has 2 rings (SSSR count). The summed E-state index contributed by atoms with van der Waals surface area (Å²) in [5.74, 6) is 0. The first-order valence-electron chi connectivity index (χ1n) is 3.63. The standard InChI is InChI=1S/C8H8N4/c1-6-2-8(12-11-6)7-3-9-5-10-4-7/h2-5H,1H3,(H,11,12). The molecule has 0 atom stereocenters. The largest absolute Gasteiger partial charge is 0.282 e. The lowest BCUT2D eigenvalue weighted by Gasteiger charge is -1.90. The van der Waals surface area contributed by atoms with Gasteiger partial charge in [-0.2, -0.15) is 5.10 Å². The average Bonchev–Trinajstić information content (AvgIpc) is 2.54. The van der Waals surface area contributed by atoms with Crippen LogP contribution in [0.5, 0.6) is 0 Å². The molecule has 0 aliphatic carbocycles. The smallest absolute Gasteiger partial charge is 0.115 e. The van der Waals surface area contributed by atoms with Gasteiger partial charge in [-0.05, 0) is 13.0 Å². The van der Waals surface area contributed by atoms with Crippen LogP contribution >= 0.6 is 0 Å². The van der Waals surface area contributed by atoms with E-state index in [-0.39, 0.29) is 0 Å². The highest BCUT2D eigenvalue weighted by molar-refractivity contribution is 5.56. The fourth-order valence-electron chi connectivity index (χ4n) is 0.997. The molecular formula is C8H8N4. The molecule has 0 aliphatic heterocycles. The minimum absolute atomic E-state index is 0.883. The molecule has 4 nitrogen and oxygen atoms in total. The molecule has 0 bridgehead atoms. The molecule has 0 fully saturated rings. The quantitative estimate of drug-likeness (QED) is 0.681. The number of nitrogens with one attached hydrogen (secondary N) is 1. The van der Waals surface area contributed by atoms with Crippen molar-refractivity contribution in [2.24, 2.45) is 0 Å². The minimum Gasteiger partial charge on any atom is -0.282 e. The third kappa shape index (κ3) is 1.18. The molecule has 0 saturated heterocycles. The number of H-pyrrole nitrogens is 1. The Morgan fingerprint density at radius 2 is 2.00 bits per heavy atom. The summed E-state index contributed by atoms with van der Waals surface area (Å²) in [5.41, 5.74) is 2.85. The van der Waals surface area contributed by atoms with Gasteiger partial charge in [-0.3, -0.25) is 5.10 Å². The van der Waals surface area contributed by atoms with E-state index >= 15 is 0 Å². The number of hydrogen-bond donors (Lipinski definition) is 1. The maximum absolute atomic E-state index is 4.08. The van der Waals surface area contributed by atoms with Crippen molar-refractivity contribution in [2.75, 3.05) is 0 Å². The highest BCUT2D eigenvalue weighted by Gasteiger charge is 2.00. The Hall–Kier alpha value is -1.71. The van der Waals surface area contributed by atoms with Crippen molar-refractivity contribution in [3.05, 3.63) is 30.5 Å². The van der Waals surface area contributed by atoms with Gasteiger partial charge in [0, 0.05) is 23.7 Å². The number of aromatic nitrogens is 4. The summed E-state index contributed by atoms with van der Waals surface area (Å²) < 4.78 is 0. The molecule has 4 heteroatoms. The molecule has 0 aliphatic rings. The van der Waals surface area contributed by atoms with Crippen LogP contribution in [0, 0.1) is 6.92 Å². The van der Waals surface area contributed by atoms with Gasteiger partial charge in [0.05, 0.1) is 5.69 Å². The van der Waals surface area contributed by atoms with Gasteiger partial charge < -0.3 is 0 Å². The van der Waals surface area contributed by atoms with E-state index in [1.165, 1.54) is 6.33 Å².